The molecule has 0 aliphatic heterocycles. The molecule has 104 valence electrons. The number of hydrogen-bond acceptors (Lipinski definition) is 3. The standard InChI is InChI=1S/C16H18ClN3/c1-18-16-15(19-10-11-6-7-11)9-8-14(20-16)12-4-2-3-5-13(12)17/h2-5,8-9,11,19H,6-7,10H2,1H3,(H,18,20). The highest BCUT2D eigenvalue weighted by molar-refractivity contribution is 6.33. The number of nitrogens with zero attached hydrogens (tertiary/aromatic N) is 1. The predicted molar refractivity (Wildman–Crippen MR) is 85.4 cm³/mol. The number of halogens is 1. The van der Waals surface area contributed by atoms with E-state index in [1.165, 1.54) is 12.8 Å². The lowest BCUT2D eigenvalue weighted by atomic mass is 10.1. The molecule has 1 aliphatic carbocycles. The van der Waals surface area contributed by atoms with Crippen LogP contribution in [-0.2, 0) is 0 Å². The molecular formula is C16H18ClN3. The molecule has 1 aliphatic rings. The topological polar surface area (TPSA) is 37.0 Å². The minimum Gasteiger partial charge on any atom is -0.382 e. The number of benzene rings is 1. The van der Waals surface area contributed by atoms with Crippen LogP contribution in [0.3, 0.4) is 0 Å². The third-order valence-corrected chi connectivity index (χ3v) is 3.89. The number of hydrogen-bond donors (Lipinski definition) is 2. The summed E-state index contributed by atoms with van der Waals surface area (Å²) in [5.41, 5.74) is 2.89. The SMILES string of the molecule is CNc1nc(-c2ccccc2Cl)ccc1NCC1CC1. The Labute approximate surface area is 124 Å². The fourth-order valence-corrected chi connectivity index (χ4v) is 2.42. The molecule has 2 N–H and O–H groups in total. The van der Waals surface area contributed by atoms with Crippen LogP contribution >= 0.6 is 11.6 Å². The fourth-order valence-electron chi connectivity index (χ4n) is 2.19. The maximum absolute atomic E-state index is 6.23. The Balaban J connectivity index is 1.87. The molecule has 1 heterocycles. The number of aromatic nitrogens is 1. The molecule has 0 bridgehead atoms. The second kappa shape index (κ2) is 5.71. The molecule has 0 spiro atoms. The minimum atomic E-state index is 0.723. The molecule has 3 rings (SSSR count). The molecule has 4 heteroatoms. The molecule has 0 saturated heterocycles. The smallest absolute Gasteiger partial charge is 0.149 e. The van der Waals surface area contributed by atoms with Crippen LogP contribution in [0.1, 0.15) is 12.8 Å². The first-order chi connectivity index (χ1) is 9.78. The van der Waals surface area contributed by atoms with Crippen LogP contribution in [0.2, 0.25) is 5.02 Å². The molecule has 1 aromatic heterocycles. The van der Waals surface area contributed by atoms with Crippen molar-refractivity contribution in [1.82, 2.24) is 4.98 Å². The zero-order chi connectivity index (χ0) is 13.9. The lowest BCUT2D eigenvalue weighted by Crippen LogP contribution is -2.07. The maximum atomic E-state index is 6.23. The summed E-state index contributed by atoms with van der Waals surface area (Å²) < 4.78 is 0. The van der Waals surface area contributed by atoms with E-state index in [0.29, 0.717) is 0 Å². The van der Waals surface area contributed by atoms with Gasteiger partial charge < -0.3 is 10.6 Å². The van der Waals surface area contributed by atoms with E-state index in [4.69, 9.17) is 11.6 Å². The van der Waals surface area contributed by atoms with Crippen LogP contribution in [0.5, 0.6) is 0 Å². The van der Waals surface area contributed by atoms with Crippen LogP contribution in [0.4, 0.5) is 11.5 Å². The summed E-state index contributed by atoms with van der Waals surface area (Å²) in [6.07, 6.45) is 2.68. The molecule has 0 atom stereocenters. The molecule has 0 unspecified atom stereocenters. The Kier molecular flexibility index (Phi) is 3.79. The first-order valence-electron chi connectivity index (χ1n) is 6.95. The Morgan fingerprint density at radius 2 is 2.00 bits per heavy atom. The first-order valence-corrected chi connectivity index (χ1v) is 7.33. The molecule has 1 aromatic carbocycles. The van der Waals surface area contributed by atoms with Crippen LogP contribution in [0, 0.1) is 5.92 Å². The van der Waals surface area contributed by atoms with Gasteiger partial charge in [-0.3, -0.25) is 0 Å². The van der Waals surface area contributed by atoms with Crippen LogP contribution < -0.4 is 10.6 Å². The van der Waals surface area contributed by atoms with E-state index in [-0.39, 0.29) is 0 Å². The summed E-state index contributed by atoms with van der Waals surface area (Å²) in [4.78, 5) is 4.66. The highest BCUT2D eigenvalue weighted by Gasteiger charge is 2.21. The average molecular weight is 288 g/mol. The molecule has 0 radical (unpaired) electrons. The van der Waals surface area contributed by atoms with Crippen molar-refractivity contribution in [3.8, 4) is 11.3 Å². The summed E-state index contributed by atoms with van der Waals surface area (Å²) >= 11 is 6.23. The summed E-state index contributed by atoms with van der Waals surface area (Å²) in [6, 6.07) is 11.9. The van der Waals surface area contributed by atoms with Gasteiger partial charge >= 0.3 is 0 Å². The van der Waals surface area contributed by atoms with Crippen molar-refractivity contribution in [3.63, 3.8) is 0 Å². The molecule has 2 aromatic rings. The highest BCUT2D eigenvalue weighted by Crippen LogP contribution is 2.32. The Morgan fingerprint density at radius 3 is 2.70 bits per heavy atom. The van der Waals surface area contributed by atoms with E-state index in [1.54, 1.807) is 0 Å². The highest BCUT2D eigenvalue weighted by atomic mass is 35.5. The van der Waals surface area contributed by atoms with E-state index in [1.807, 2.05) is 37.4 Å². The van der Waals surface area contributed by atoms with Gasteiger partial charge in [-0.15, -0.1) is 0 Å². The van der Waals surface area contributed by atoms with Gasteiger partial charge in [0.1, 0.15) is 5.82 Å². The lowest BCUT2D eigenvalue weighted by molar-refractivity contribution is 0.888. The van der Waals surface area contributed by atoms with Gasteiger partial charge in [0.2, 0.25) is 0 Å². The van der Waals surface area contributed by atoms with Gasteiger partial charge in [0.05, 0.1) is 11.4 Å². The third-order valence-electron chi connectivity index (χ3n) is 3.56. The summed E-state index contributed by atoms with van der Waals surface area (Å²) in [5, 5.41) is 7.34. The van der Waals surface area contributed by atoms with Gasteiger partial charge in [0.25, 0.3) is 0 Å². The van der Waals surface area contributed by atoms with Gasteiger partial charge in [0.15, 0.2) is 0 Å². The Morgan fingerprint density at radius 1 is 1.20 bits per heavy atom. The summed E-state index contributed by atoms with van der Waals surface area (Å²) in [5.74, 6) is 1.70. The number of nitrogens with one attached hydrogen (secondary N) is 2. The van der Waals surface area contributed by atoms with Crippen molar-refractivity contribution in [2.24, 2.45) is 5.92 Å². The molecule has 0 amide bonds. The monoisotopic (exact) mass is 287 g/mol. The van der Waals surface area contributed by atoms with Gasteiger partial charge in [-0.05, 0) is 37.0 Å². The van der Waals surface area contributed by atoms with Crippen LogP contribution in [-0.4, -0.2) is 18.6 Å². The predicted octanol–water partition coefficient (Wildman–Crippen LogP) is 4.27. The van der Waals surface area contributed by atoms with Crippen LogP contribution in [0.25, 0.3) is 11.3 Å². The van der Waals surface area contributed by atoms with E-state index in [0.717, 1.165) is 40.2 Å². The second-order valence-corrected chi connectivity index (χ2v) is 5.55. The van der Waals surface area contributed by atoms with Crippen molar-refractivity contribution >= 4 is 23.1 Å². The normalized spacial score (nSPS) is 14.1. The van der Waals surface area contributed by atoms with Gasteiger partial charge in [-0.2, -0.15) is 0 Å². The van der Waals surface area contributed by atoms with Gasteiger partial charge in [-0.25, -0.2) is 4.98 Å². The zero-order valence-electron chi connectivity index (χ0n) is 11.5. The fraction of sp³-hybridized carbons (Fsp3) is 0.312. The van der Waals surface area contributed by atoms with Crippen LogP contribution in [0.15, 0.2) is 36.4 Å². The third kappa shape index (κ3) is 2.88. The Hall–Kier alpha value is -1.74. The zero-order valence-corrected chi connectivity index (χ0v) is 12.2. The minimum absolute atomic E-state index is 0.723. The van der Waals surface area contributed by atoms with Crippen molar-refractivity contribution in [2.75, 3.05) is 24.2 Å². The molecule has 1 saturated carbocycles. The average Bonchev–Trinajstić information content (AvgIpc) is 3.30. The number of pyridine rings is 1. The van der Waals surface area contributed by atoms with E-state index in [9.17, 15) is 0 Å². The van der Waals surface area contributed by atoms with E-state index >= 15 is 0 Å². The van der Waals surface area contributed by atoms with Crippen molar-refractivity contribution in [2.45, 2.75) is 12.8 Å². The second-order valence-electron chi connectivity index (χ2n) is 5.15. The van der Waals surface area contributed by atoms with Crippen molar-refractivity contribution in [3.05, 3.63) is 41.4 Å². The van der Waals surface area contributed by atoms with E-state index in [2.05, 4.69) is 21.7 Å². The molecule has 20 heavy (non-hydrogen) atoms. The van der Waals surface area contributed by atoms with Crippen molar-refractivity contribution in [1.29, 1.82) is 0 Å². The van der Waals surface area contributed by atoms with E-state index < -0.39 is 0 Å². The van der Waals surface area contributed by atoms with Gasteiger partial charge in [0, 0.05) is 24.2 Å². The largest absolute Gasteiger partial charge is 0.382 e. The summed E-state index contributed by atoms with van der Waals surface area (Å²) in [6.45, 7) is 1.03. The molecule has 1 fully saturated rings. The molecular weight excluding hydrogens is 270 g/mol. The molecule has 3 nitrogen and oxygen atoms in total. The quantitative estimate of drug-likeness (QED) is 0.862. The Bertz CT molecular complexity index is 608. The number of rotatable bonds is 5. The first kappa shape index (κ1) is 13.3. The summed E-state index contributed by atoms with van der Waals surface area (Å²) in [7, 11) is 1.89. The maximum Gasteiger partial charge on any atom is 0.149 e. The lowest BCUT2D eigenvalue weighted by Gasteiger charge is -2.13. The number of anilines is 2. The van der Waals surface area contributed by atoms with Gasteiger partial charge in [-0.1, -0.05) is 29.8 Å². The van der Waals surface area contributed by atoms with Crippen molar-refractivity contribution < 1.29 is 0 Å².